The molecule has 3 nitrogen and oxygen atoms in total. The van der Waals surface area contributed by atoms with Crippen LogP contribution in [0.2, 0.25) is 0 Å². The van der Waals surface area contributed by atoms with Crippen LogP contribution in [0.5, 0.6) is 0 Å². The van der Waals surface area contributed by atoms with Crippen molar-refractivity contribution in [3.05, 3.63) is 16.6 Å². The lowest BCUT2D eigenvalue weighted by atomic mass is 10.0. The second kappa shape index (κ2) is 5.75. The number of rotatable bonds is 4. The molecule has 3 atom stereocenters. The Hall–Kier alpha value is -0.450. The summed E-state index contributed by atoms with van der Waals surface area (Å²) in [6, 6.07) is 0.993. The third-order valence-electron chi connectivity index (χ3n) is 3.08. The van der Waals surface area contributed by atoms with Crippen molar-refractivity contribution in [1.29, 1.82) is 0 Å². The molecule has 1 aromatic heterocycles. The molecule has 0 saturated carbocycles. The van der Waals surface area contributed by atoms with E-state index in [0.29, 0.717) is 18.2 Å². The molecule has 1 aromatic rings. The van der Waals surface area contributed by atoms with Crippen LogP contribution in [0, 0.1) is 0 Å². The lowest BCUT2D eigenvalue weighted by molar-refractivity contribution is 0.0111. The Morgan fingerprint density at radius 3 is 3.19 bits per heavy atom. The van der Waals surface area contributed by atoms with Crippen molar-refractivity contribution >= 4 is 11.3 Å². The summed E-state index contributed by atoms with van der Waals surface area (Å²) in [4.78, 5) is 4.40. The summed E-state index contributed by atoms with van der Waals surface area (Å²) < 4.78 is 5.56. The summed E-state index contributed by atoms with van der Waals surface area (Å²) in [5.74, 6) is 0. The Balaban J connectivity index is 1.91. The number of aromatic nitrogens is 1. The van der Waals surface area contributed by atoms with Gasteiger partial charge in [-0.05, 0) is 26.2 Å². The van der Waals surface area contributed by atoms with E-state index in [1.165, 1.54) is 5.01 Å². The summed E-state index contributed by atoms with van der Waals surface area (Å²) >= 11 is 1.74. The molecule has 3 unspecified atom stereocenters. The molecular weight excluding hydrogens is 220 g/mol. The van der Waals surface area contributed by atoms with Gasteiger partial charge in [0, 0.05) is 24.2 Å². The minimum absolute atomic E-state index is 0.389. The van der Waals surface area contributed by atoms with Gasteiger partial charge in [-0.1, -0.05) is 6.92 Å². The third-order valence-corrected chi connectivity index (χ3v) is 3.97. The van der Waals surface area contributed by atoms with Gasteiger partial charge in [-0.2, -0.15) is 0 Å². The molecular formula is C12H20N2OS. The molecule has 4 heteroatoms. The summed E-state index contributed by atoms with van der Waals surface area (Å²) in [5.41, 5.74) is 0. The second-order valence-electron chi connectivity index (χ2n) is 4.40. The first-order chi connectivity index (χ1) is 7.79. The van der Waals surface area contributed by atoms with Gasteiger partial charge in [-0.25, -0.2) is 4.98 Å². The van der Waals surface area contributed by atoms with Crippen molar-refractivity contribution in [3.63, 3.8) is 0 Å². The van der Waals surface area contributed by atoms with Gasteiger partial charge in [0.25, 0.3) is 0 Å². The molecule has 0 radical (unpaired) electrons. The van der Waals surface area contributed by atoms with Crippen LogP contribution in [0.3, 0.4) is 0 Å². The molecule has 0 aromatic carbocycles. The zero-order valence-electron chi connectivity index (χ0n) is 9.98. The van der Waals surface area contributed by atoms with Crippen LogP contribution in [0.1, 0.15) is 44.2 Å². The average molecular weight is 240 g/mol. The van der Waals surface area contributed by atoms with Gasteiger partial charge in [-0.15, -0.1) is 11.3 Å². The van der Waals surface area contributed by atoms with E-state index in [2.05, 4.69) is 24.1 Å². The zero-order chi connectivity index (χ0) is 11.4. The summed E-state index contributed by atoms with van der Waals surface area (Å²) in [5, 5.41) is 6.96. The van der Waals surface area contributed by atoms with Gasteiger partial charge in [-0.3, -0.25) is 0 Å². The van der Waals surface area contributed by atoms with Gasteiger partial charge in [0.1, 0.15) is 5.01 Å². The summed E-state index contributed by atoms with van der Waals surface area (Å²) in [6.45, 7) is 5.24. The largest absolute Gasteiger partial charge is 0.378 e. The predicted octanol–water partition coefficient (Wildman–Crippen LogP) is 2.75. The fraction of sp³-hybridized carbons (Fsp3) is 0.750. The van der Waals surface area contributed by atoms with E-state index in [-0.39, 0.29) is 0 Å². The van der Waals surface area contributed by atoms with Crippen LogP contribution < -0.4 is 5.32 Å². The zero-order valence-corrected chi connectivity index (χ0v) is 10.8. The first-order valence-electron chi connectivity index (χ1n) is 6.06. The standard InChI is InChI=1S/C12H20N2OS/c1-3-11(12-13-5-7-16-12)14-10-4-6-15-9(2)8-10/h5,7,9-11,14H,3-4,6,8H2,1-2H3. The van der Waals surface area contributed by atoms with E-state index in [1.807, 2.05) is 11.6 Å². The van der Waals surface area contributed by atoms with E-state index in [0.717, 1.165) is 25.9 Å². The third kappa shape index (κ3) is 3.03. The predicted molar refractivity (Wildman–Crippen MR) is 66.7 cm³/mol. The van der Waals surface area contributed by atoms with Crippen molar-refractivity contribution in [3.8, 4) is 0 Å². The maximum atomic E-state index is 5.56. The Labute approximate surface area is 101 Å². The molecule has 0 aliphatic carbocycles. The number of thiazole rings is 1. The highest BCUT2D eigenvalue weighted by Gasteiger charge is 2.22. The SMILES string of the molecule is CCC(NC1CCOC(C)C1)c1nccs1. The van der Waals surface area contributed by atoms with Crippen molar-refractivity contribution < 1.29 is 4.74 Å². The molecule has 1 N–H and O–H groups in total. The van der Waals surface area contributed by atoms with Crippen molar-refractivity contribution in [2.75, 3.05) is 6.61 Å². The molecule has 1 aliphatic heterocycles. The van der Waals surface area contributed by atoms with Crippen molar-refractivity contribution in [2.45, 2.75) is 51.3 Å². The molecule has 2 rings (SSSR count). The second-order valence-corrected chi connectivity index (χ2v) is 5.33. The quantitative estimate of drug-likeness (QED) is 0.878. The molecule has 1 saturated heterocycles. The monoisotopic (exact) mass is 240 g/mol. The maximum Gasteiger partial charge on any atom is 0.109 e. The fourth-order valence-corrected chi connectivity index (χ4v) is 2.99. The van der Waals surface area contributed by atoms with E-state index in [1.54, 1.807) is 11.3 Å². The highest BCUT2D eigenvalue weighted by molar-refractivity contribution is 7.09. The van der Waals surface area contributed by atoms with E-state index in [4.69, 9.17) is 4.74 Å². The first kappa shape index (κ1) is 12.0. The van der Waals surface area contributed by atoms with Crippen LogP contribution in [-0.2, 0) is 4.74 Å². The fourth-order valence-electron chi connectivity index (χ4n) is 2.20. The molecule has 0 spiro atoms. The Morgan fingerprint density at radius 1 is 1.69 bits per heavy atom. The van der Waals surface area contributed by atoms with E-state index < -0.39 is 0 Å². The first-order valence-corrected chi connectivity index (χ1v) is 6.94. The lowest BCUT2D eigenvalue weighted by Gasteiger charge is -2.30. The maximum absolute atomic E-state index is 5.56. The van der Waals surface area contributed by atoms with Gasteiger partial charge < -0.3 is 10.1 Å². The topological polar surface area (TPSA) is 34.1 Å². The van der Waals surface area contributed by atoms with Crippen LogP contribution >= 0.6 is 11.3 Å². The number of ether oxygens (including phenoxy) is 1. The molecule has 2 heterocycles. The van der Waals surface area contributed by atoms with Crippen LogP contribution in [0.15, 0.2) is 11.6 Å². The van der Waals surface area contributed by atoms with Crippen LogP contribution in [-0.4, -0.2) is 23.7 Å². The molecule has 0 bridgehead atoms. The highest BCUT2D eigenvalue weighted by atomic mass is 32.1. The molecule has 16 heavy (non-hydrogen) atoms. The Bertz CT molecular complexity index is 302. The lowest BCUT2D eigenvalue weighted by Crippen LogP contribution is -2.39. The van der Waals surface area contributed by atoms with Gasteiger partial charge >= 0.3 is 0 Å². The minimum Gasteiger partial charge on any atom is -0.378 e. The Morgan fingerprint density at radius 2 is 2.56 bits per heavy atom. The summed E-state index contributed by atoms with van der Waals surface area (Å²) in [7, 11) is 0. The minimum atomic E-state index is 0.389. The molecule has 0 amide bonds. The number of nitrogens with one attached hydrogen (secondary N) is 1. The normalized spacial score (nSPS) is 27.9. The molecule has 1 aliphatic rings. The molecule has 1 fully saturated rings. The van der Waals surface area contributed by atoms with Gasteiger partial charge in [0.2, 0.25) is 0 Å². The van der Waals surface area contributed by atoms with Crippen LogP contribution in [0.25, 0.3) is 0 Å². The van der Waals surface area contributed by atoms with E-state index in [9.17, 15) is 0 Å². The van der Waals surface area contributed by atoms with E-state index >= 15 is 0 Å². The van der Waals surface area contributed by atoms with Crippen molar-refractivity contribution in [2.24, 2.45) is 0 Å². The van der Waals surface area contributed by atoms with Gasteiger partial charge in [0.15, 0.2) is 0 Å². The van der Waals surface area contributed by atoms with Gasteiger partial charge in [0.05, 0.1) is 12.1 Å². The Kier molecular flexibility index (Phi) is 4.32. The van der Waals surface area contributed by atoms with Crippen LogP contribution in [0.4, 0.5) is 0 Å². The number of hydrogen-bond donors (Lipinski definition) is 1. The number of hydrogen-bond acceptors (Lipinski definition) is 4. The van der Waals surface area contributed by atoms with Crippen molar-refractivity contribution in [1.82, 2.24) is 10.3 Å². The summed E-state index contributed by atoms with van der Waals surface area (Å²) in [6.07, 6.45) is 5.60. The average Bonchev–Trinajstić information content (AvgIpc) is 2.79. The number of nitrogens with zero attached hydrogens (tertiary/aromatic N) is 1. The molecule has 90 valence electrons. The highest BCUT2D eigenvalue weighted by Crippen LogP contribution is 2.22. The smallest absolute Gasteiger partial charge is 0.109 e.